The third-order valence-corrected chi connectivity index (χ3v) is 5.70. The van der Waals surface area contributed by atoms with Gasteiger partial charge in [0.25, 0.3) is 10.0 Å². The van der Waals surface area contributed by atoms with Gasteiger partial charge in [-0.2, -0.15) is 0 Å². The number of rotatable bonds is 4. The Labute approximate surface area is 132 Å². The number of benzene rings is 2. The van der Waals surface area contributed by atoms with Crippen molar-refractivity contribution in [3.05, 3.63) is 53.3 Å². The number of nitrogens with one attached hydrogen (secondary N) is 1. The zero-order valence-electron chi connectivity index (χ0n) is 11.2. The van der Waals surface area contributed by atoms with Gasteiger partial charge in [0, 0.05) is 6.26 Å². The van der Waals surface area contributed by atoms with Crippen molar-refractivity contribution in [2.24, 2.45) is 0 Å². The SMILES string of the molecule is CS(=O)(=O)c1ccc(Cl)c(S(=O)(=O)Nc2ccccc2F)c1. The van der Waals surface area contributed by atoms with Crippen LogP contribution in [0.1, 0.15) is 0 Å². The molecule has 118 valence electrons. The molecule has 0 saturated carbocycles. The minimum Gasteiger partial charge on any atom is -0.277 e. The lowest BCUT2D eigenvalue weighted by Gasteiger charge is -2.11. The summed E-state index contributed by atoms with van der Waals surface area (Å²) in [5.74, 6) is -0.763. The van der Waals surface area contributed by atoms with Crippen LogP contribution in [0.5, 0.6) is 0 Å². The van der Waals surface area contributed by atoms with Gasteiger partial charge in [-0.3, -0.25) is 4.72 Å². The maximum atomic E-state index is 13.5. The van der Waals surface area contributed by atoms with Crippen LogP contribution in [0.4, 0.5) is 10.1 Å². The number of hydrogen-bond donors (Lipinski definition) is 1. The van der Waals surface area contributed by atoms with E-state index in [4.69, 9.17) is 11.6 Å². The molecule has 0 spiro atoms. The Kier molecular flexibility index (Phi) is 4.46. The molecule has 0 aliphatic rings. The Morgan fingerprint density at radius 3 is 2.27 bits per heavy atom. The fourth-order valence-corrected chi connectivity index (χ4v) is 3.98. The Morgan fingerprint density at radius 2 is 1.68 bits per heavy atom. The molecule has 0 radical (unpaired) electrons. The molecule has 2 aromatic rings. The summed E-state index contributed by atoms with van der Waals surface area (Å²) in [7, 11) is -7.84. The molecule has 0 aliphatic carbocycles. The molecule has 0 atom stereocenters. The number of halogens is 2. The van der Waals surface area contributed by atoms with Gasteiger partial charge in [-0.25, -0.2) is 21.2 Å². The van der Waals surface area contributed by atoms with E-state index in [1.165, 1.54) is 24.3 Å². The number of sulfone groups is 1. The van der Waals surface area contributed by atoms with E-state index in [-0.39, 0.29) is 15.6 Å². The van der Waals surface area contributed by atoms with Crippen molar-refractivity contribution in [1.29, 1.82) is 0 Å². The normalized spacial score (nSPS) is 12.1. The van der Waals surface area contributed by atoms with Gasteiger partial charge in [0.2, 0.25) is 0 Å². The molecule has 5 nitrogen and oxygen atoms in total. The van der Waals surface area contributed by atoms with E-state index in [0.29, 0.717) is 0 Å². The van der Waals surface area contributed by atoms with E-state index in [2.05, 4.69) is 0 Å². The molecule has 2 rings (SSSR count). The molecule has 1 N–H and O–H groups in total. The second-order valence-electron chi connectivity index (χ2n) is 4.45. The summed E-state index contributed by atoms with van der Waals surface area (Å²) in [6, 6.07) is 8.47. The first kappa shape index (κ1) is 16.7. The van der Waals surface area contributed by atoms with Gasteiger partial charge < -0.3 is 0 Å². The summed E-state index contributed by atoms with van der Waals surface area (Å²) < 4.78 is 63.2. The summed E-state index contributed by atoms with van der Waals surface area (Å²) >= 11 is 5.83. The molecule has 2 aromatic carbocycles. The van der Waals surface area contributed by atoms with Crippen LogP contribution >= 0.6 is 11.6 Å². The second-order valence-corrected chi connectivity index (χ2v) is 8.52. The molecule has 9 heteroatoms. The number of sulfonamides is 1. The summed E-state index contributed by atoms with van der Waals surface area (Å²) in [4.78, 5) is -0.647. The van der Waals surface area contributed by atoms with Crippen LogP contribution in [0.15, 0.2) is 52.3 Å². The van der Waals surface area contributed by atoms with Crippen LogP contribution in [-0.4, -0.2) is 23.1 Å². The second kappa shape index (κ2) is 5.86. The first-order valence-corrected chi connectivity index (χ1v) is 9.63. The summed E-state index contributed by atoms with van der Waals surface area (Å²) in [5, 5.41) is -0.170. The highest BCUT2D eigenvalue weighted by Gasteiger charge is 2.22. The molecule has 0 aromatic heterocycles. The van der Waals surface area contributed by atoms with Crippen LogP contribution in [0.2, 0.25) is 5.02 Å². The molecule has 22 heavy (non-hydrogen) atoms. The fourth-order valence-electron chi connectivity index (χ4n) is 1.66. The van der Waals surface area contributed by atoms with Crippen LogP contribution in [0, 0.1) is 5.82 Å². The zero-order valence-corrected chi connectivity index (χ0v) is 13.6. The third-order valence-electron chi connectivity index (χ3n) is 2.74. The highest BCUT2D eigenvalue weighted by atomic mass is 35.5. The van der Waals surface area contributed by atoms with Gasteiger partial charge in [0.05, 0.1) is 15.6 Å². The van der Waals surface area contributed by atoms with Crippen molar-refractivity contribution < 1.29 is 21.2 Å². The number of para-hydroxylation sites is 1. The van der Waals surface area contributed by atoms with Gasteiger partial charge in [-0.05, 0) is 30.3 Å². The highest BCUT2D eigenvalue weighted by Crippen LogP contribution is 2.27. The Morgan fingerprint density at radius 1 is 1.05 bits per heavy atom. The quantitative estimate of drug-likeness (QED) is 0.905. The van der Waals surface area contributed by atoms with E-state index in [9.17, 15) is 21.2 Å². The van der Waals surface area contributed by atoms with E-state index in [1.807, 2.05) is 4.72 Å². The van der Waals surface area contributed by atoms with Crippen molar-refractivity contribution in [2.45, 2.75) is 9.79 Å². The van der Waals surface area contributed by atoms with E-state index in [0.717, 1.165) is 24.5 Å². The fraction of sp³-hybridized carbons (Fsp3) is 0.0769. The van der Waals surface area contributed by atoms with Crippen molar-refractivity contribution >= 4 is 37.1 Å². The predicted octanol–water partition coefficient (Wildman–Crippen LogP) is 2.68. The molecule has 0 amide bonds. The predicted molar refractivity (Wildman–Crippen MR) is 81.8 cm³/mol. The van der Waals surface area contributed by atoms with Gasteiger partial charge >= 0.3 is 0 Å². The van der Waals surface area contributed by atoms with E-state index < -0.39 is 30.6 Å². The van der Waals surface area contributed by atoms with Gasteiger partial charge in [-0.15, -0.1) is 0 Å². The molecule has 0 saturated heterocycles. The minimum absolute atomic E-state index is 0.170. The van der Waals surface area contributed by atoms with Crippen molar-refractivity contribution in [3.63, 3.8) is 0 Å². The zero-order chi connectivity index (χ0) is 16.5. The average molecular weight is 364 g/mol. The Bertz CT molecular complexity index is 927. The summed E-state index contributed by atoms with van der Waals surface area (Å²) in [6.07, 6.45) is 0.941. The minimum atomic E-state index is -4.24. The lowest BCUT2D eigenvalue weighted by atomic mass is 10.3. The largest absolute Gasteiger partial charge is 0.277 e. The third kappa shape index (κ3) is 3.57. The molecular weight excluding hydrogens is 353 g/mol. The van der Waals surface area contributed by atoms with Crippen LogP contribution in [0.25, 0.3) is 0 Å². The monoisotopic (exact) mass is 363 g/mol. The van der Waals surface area contributed by atoms with Crippen LogP contribution in [0.3, 0.4) is 0 Å². The highest BCUT2D eigenvalue weighted by molar-refractivity contribution is 7.93. The molecular formula is C13H11ClFNO4S2. The first-order valence-electron chi connectivity index (χ1n) is 5.88. The summed E-state index contributed by atoms with van der Waals surface area (Å²) in [5.41, 5.74) is -0.261. The Hall–Kier alpha value is -1.64. The lowest BCUT2D eigenvalue weighted by Crippen LogP contribution is -2.15. The maximum absolute atomic E-state index is 13.5. The smallest absolute Gasteiger partial charge is 0.263 e. The van der Waals surface area contributed by atoms with E-state index >= 15 is 0 Å². The van der Waals surface area contributed by atoms with Crippen molar-refractivity contribution in [2.75, 3.05) is 11.0 Å². The van der Waals surface area contributed by atoms with Crippen LogP contribution in [-0.2, 0) is 19.9 Å². The summed E-state index contributed by atoms with van der Waals surface area (Å²) in [6.45, 7) is 0. The molecule has 0 aliphatic heterocycles. The molecule has 0 unspecified atom stereocenters. The molecule has 0 bridgehead atoms. The number of hydrogen-bond acceptors (Lipinski definition) is 4. The topological polar surface area (TPSA) is 80.3 Å². The standard InChI is InChI=1S/C13H11ClFNO4S2/c1-21(17,18)9-6-7-10(14)13(8-9)22(19,20)16-12-5-3-2-4-11(12)15/h2-8,16H,1H3. The lowest BCUT2D eigenvalue weighted by molar-refractivity contribution is 0.597. The van der Waals surface area contributed by atoms with Gasteiger partial charge in [0.15, 0.2) is 9.84 Å². The van der Waals surface area contributed by atoms with Crippen molar-refractivity contribution in [1.82, 2.24) is 0 Å². The van der Waals surface area contributed by atoms with Crippen molar-refractivity contribution in [3.8, 4) is 0 Å². The molecule has 0 heterocycles. The average Bonchev–Trinajstić information content (AvgIpc) is 2.40. The first-order chi connectivity index (χ1) is 10.1. The Balaban J connectivity index is 2.53. The molecule has 0 fully saturated rings. The maximum Gasteiger partial charge on any atom is 0.263 e. The van der Waals surface area contributed by atoms with Gasteiger partial charge in [-0.1, -0.05) is 23.7 Å². The number of anilines is 1. The van der Waals surface area contributed by atoms with Crippen LogP contribution < -0.4 is 4.72 Å². The van der Waals surface area contributed by atoms with Gasteiger partial charge in [0.1, 0.15) is 10.7 Å². The van der Waals surface area contributed by atoms with E-state index in [1.54, 1.807) is 0 Å².